The van der Waals surface area contributed by atoms with Gasteiger partial charge in [0, 0.05) is 0 Å². The van der Waals surface area contributed by atoms with E-state index < -0.39 is 5.97 Å². The molecule has 0 rings (SSSR count). The second-order valence-corrected chi connectivity index (χ2v) is 5.13. The van der Waals surface area contributed by atoms with Gasteiger partial charge < -0.3 is 10.4 Å². The molecular formula is C15H31NO2. The highest BCUT2D eigenvalue weighted by molar-refractivity contribution is 5.69. The molecule has 0 heterocycles. The first-order valence-corrected chi connectivity index (χ1v) is 7.65. The van der Waals surface area contributed by atoms with E-state index in [1.54, 1.807) is 0 Å². The Morgan fingerprint density at radius 1 is 0.944 bits per heavy atom. The average Bonchev–Trinajstić information content (AvgIpc) is 2.35. The smallest absolute Gasteiger partial charge is 0.306 e. The molecule has 0 aliphatic carbocycles. The number of carboxylic acid groups (broad SMARTS) is 1. The zero-order valence-corrected chi connectivity index (χ0v) is 12.2. The van der Waals surface area contributed by atoms with E-state index in [0.717, 1.165) is 51.6 Å². The summed E-state index contributed by atoms with van der Waals surface area (Å²) in [6.45, 7) is 6.46. The number of unbranched alkanes of at least 4 members (excludes halogenated alkanes) is 4. The Labute approximate surface area is 112 Å². The Hall–Kier alpha value is -0.570. The molecule has 2 N–H and O–H groups in total. The van der Waals surface area contributed by atoms with Gasteiger partial charge in [0.05, 0.1) is 5.92 Å². The highest BCUT2D eigenvalue weighted by Crippen LogP contribution is 2.16. The quantitative estimate of drug-likeness (QED) is 0.493. The molecule has 1 unspecified atom stereocenters. The molecule has 0 aromatic carbocycles. The van der Waals surface area contributed by atoms with Crippen LogP contribution in [0, 0.1) is 5.92 Å². The zero-order valence-electron chi connectivity index (χ0n) is 12.2. The summed E-state index contributed by atoms with van der Waals surface area (Å²) in [5.41, 5.74) is 0. The molecule has 18 heavy (non-hydrogen) atoms. The van der Waals surface area contributed by atoms with Crippen molar-refractivity contribution in [1.29, 1.82) is 0 Å². The molecule has 0 aromatic heterocycles. The summed E-state index contributed by atoms with van der Waals surface area (Å²) in [5, 5.41) is 12.5. The fraction of sp³-hybridized carbons (Fsp3) is 0.933. The molecule has 3 heteroatoms. The van der Waals surface area contributed by atoms with E-state index in [1.165, 1.54) is 19.3 Å². The Morgan fingerprint density at radius 3 is 2.06 bits per heavy atom. The summed E-state index contributed by atoms with van der Waals surface area (Å²) in [6, 6.07) is 0. The summed E-state index contributed by atoms with van der Waals surface area (Å²) >= 11 is 0. The van der Waals surface area contributed by atoms with E-state index in [4.69, 9.17) is 5.11 Å². The van der Waals surface area contributed by atoms with Crippen LogP contribution in [0.2, 0.25) is 0 Å². The fourth-order valence-corrected chi connectivity index (χ4v) is 2.11. The zero-order chi connectivity index (χ0) is 13.6. The van der Waals surface area contributed by atoms with Crippen LogP contribution in [-0.2, 0) is 4.79 Å². The summed E-state index contributed by atoms with van der Waals surface area (Å²) < 4.78 is 0. The Bertz CT molecular complexity index is 195. The van der Waals surface area contributed by atoms with Crippen molar-refractivity contribution in [2.75, 3.05) is 13.1 Å². The molecule has 0 fully saturated rings. The number of hydrogen-bond acceptors (Lipinski definition) is 2. The van der Waals surface area contributed by atoms with Crippen LogP contribution in [0.1, 0.15) is 71.6 Å². The molecule has 0 bridgehead atoms. The van der Waals surface area contributed by atoms with E-state index >= 15 is 0 Å². The van der Waals surface area contributed by atoms with Crippen LogP contribution < -0.4 is 5.32 Å². The van der Waals surface area contributed by atoms with Crippen molar-refractivity contribution in [3.63, 3.8) is 0 Å². The van der Waals surface area contributed by atoms with Crippen LogP contribution in [0.4, 0.5) is 0 Å². The summed E-state index contributed by atoms with van der Waals surface area (Å²) in [7, 11) is 0. The topological polar surface area (TPSA) is 49.3 Å². The minimum absolute atomic E-state index is 0.120. The normalized spacial score (nSPS) is 12.6. The maximum Gasteiger partial charge on any atom is 0.306 e. The van der Waals surface area contributed by atoms with E-state index in [0.29, 0.717) is 0 Å². The molecule has 0 aliphatic heterocycles. The lowest BCUT2D eigenvalue weighted by atomic mass is 9.96. The molecule has 0 amide bonds. The van der Waals surface area contributed by atoms with Crippen molar-refractivity contribution < 1.29 is 9.90 Å². The van der Waals surface area contributed by atoms with Crippen molar-refractivity contribution >= 4 is 5.97 Å². The standard InChI is InChI=1S/C15H31NO2/c1-3-5-8-12-16-13-9-7-11-14(15(17)18)10-6-4-2/h14,16H,3-13H2,1-2H3,(H,17,18). The number of aliphatic carboxylic acids is 1. The largest absolute Gasteiger partial charge is 0.481 e. The lowest BCUT2D eigenvalue weighted by Crippen LogP contribution is -2.18. The highest BCUT2D eigenvalue weighted by atomic mass is 16.4. The molecule has 0 aliphatic rings. The van der Waals surface area contributed by atoms with Crippen LogP contribution in [0.3, 0.4) is 0 Å². The molecule has 0 radical (unpaired) electrons. The van der Waals surface area contributed by atoms with Crippen molar-refractivity contribution in [3.8, 4) is 0 Å². The van der Waals surface area contributed by atoms with Gasteiger partial charge in [0.1, 0.15) is 0 Å². The van der Waals surface area contributed by atoms with Crippen molar-refractivity contribution in [2.45, 2.75) is 71.6 Å². The van der Waals surface area contributed by atoms with E-state index in [1.807, 2.05) is 0 Å². The Morgan fingerprint density at radius 2 is 1.50 bits per heavy atom. The average molecular weight is 257 g/mol. The summed E-state index contributed by atoms with van der Waals surface area (Å²) in [6.07, 6.45) is 9.75. The predicted molar refractivity (Wildman–Crippen MR) is 76.9 cm³/mol. The second kappa shape index (κ2) is 12.9. The maximum absolute atomic E-state index is 11.0. The third-order valence-electron chi connectivity index (χ3n) is 3.37. The Kier molecular flexibility index (Phi) is 12.5. The van der Waals surface area contributed by atoms with Gasteiger partial charge in [0.15, 0.2) is 0 Å². The number of rotatable bonds is 13. The maximum atomic E-state index is 11.0. The third kappa shape index (κ3) is 10.6. The van der Waals surface area contributed by atoms with Gasteiger partial charge in [-0.3, -0.25) is 4.79 Å². The van der Waals surface area contributed by atoms with Gasteiger partial charge in [-0.1, -0.05) is 46.0 Å². The summed E-state index contributed by atoms with van der Waals surface area (Å²) in [5.74, 6) is -0.732. The van der Waals surface area contributed by atoms with E-state index in [-0.39, 0.29) is 5.92 Å². The van der Waals surface area contributed by atoms with Crippen LogP contribution in [0.25, 0.3) is 0 Å². The first-order chi connectivity index (χ1) is 8.72. The van der Waals surface area contributed by atoms with E-state index in [2.05, 4.69) is 19.2 Å². The molecule has 0 spiro atoms. The van der Waals surface area contributed by atoms with Gasteiger partial charge in [-0.2, -0.15) is 0 Å². The fourth-order valence-electron chi connectivity index (χ4n) is 2.11. The highest BCUT2D eigenvalue weighted by Gasteiger charge is 2.15. The minimum atomic E-state index is -0.612. The Balaban J connectivity index is 3.40. The molecule has 3 nitrogen and oxygen atoms in total. The van der Waals surface area contributed by atoms with Crippen molar-refractivity contribution in [1.82, 2.24) is 5.32 Å². The number of carbonyl (C=O) groups is 1. The molecular weight excluding hydrogens is 226 g/mol. The van der Waals surface area contributed by atoms with Gasteiger partial charge >= 0.3 is 5.97 Å². The third-order valence-corrected chi connectivity index (χ3v) is 3.37. The first-order valence-electron chi connectivity index (χ1n) is 7.65. The molecule has 0 aromatic rings. The minimum Gasteiger partial charge on any atom is -0.481 e. The van der Waals surface area contributed by atoms with Crippen LogP contribution in [0.15, 0.2) is 0 Å². The molecule has 108 valence electrons. The number of hydrogen-bond donors (Lipinski definition) is 2. The second-order valence-electron chi connectivity index (χ2n) is 5.13. The van der Waals surface area contributed by atoms with Gasteiger partial charge in [-0.25, -0.2) is 0 Å². The number of carboxylic acids is 1. The van der Waals surface area contributed by atoms with Gasteiger partial charge in [0.2, 0.25) is 0 Å². The number of nitrogens with one attached hydrogen (secondary N) is 1. The van der Waals surface area contributed by atoms with Crippen LogP contribution >= 0.6 is 0 Å². The van der Waals surface area contributed by atoms with Gasteiger partial charge in [0.25, 0.3) is 0 Å². The van der Waals surface area contributed by atoms with E-state index in [9.17, 15) is 4.79 Å². The van der Waals surface area contributed by atoms with Gasteiger partial charge in [-0.15, -0.1) is 0 Å². The lowest BCUT2D eigenvalue weighted by Gasteiger charge is -2.11. The van der Waals surface area contributed by atoms with Crippen LogP contribution in [0.5, 0.6) is 0 Å². The van der Waals surface area contributed by atoms with Crippen molar-refractivity contribution in [3.05, 3.63) is 0 Å². The predicted octanol–water partition coefficient (Wildman–Crippen LogP) is 3.83. The SMILES string of the molecule is CCCCCNCCCCC(CCCC)C(=O)O. The molecule has 0 saturated carbocycles. The molecule has 0 saturated heterocycles. The monoisotopic (exact) mass is 257 g/mol. The summed E-state index contributed by atoms with van der Waals surface area (Å²) in [4.78, 5) is 11.0. The first kappa shape index (κ1) is 17.4. The van der Waals surface area contributed by atoms with Crippen LogP contribution in [-0.4, -0.2) is 24.2 Å². The van der Waals surface area contributed by atoms with Gasteiger partial charge in [-0.05, 0) is 38.8 Å². The van der Waals surface area contributed by atoms with Crippen molar-refractivity contribution in [2.24, 2.45) is 5.92 Å². The molecule has 1 atom stereocenters. The lowest BCUT2D eigenvalue weighted by molar-refractivity contribution is -0.142.